The first-order chi connectivity index (χ1) is 23.6. The normalized spacial score (nSPS) is 16.9. The molecule has 5 heteroatoms. The van der Waals surface area contributed by atoms with Gasteiger partial charge in [0.2, 0.25) is 0 Å². The van der Waals surface area contributed by atoms with E-state index in [1.807, 2.05) is 0 Å². The van der Waals surface area contributed by atoms with Crippen LogP contribution in [-0.4, -0.2) is 3.21 Å². The Kier molecular flexibility index (Phi) is 12.9. The first kappa shape index (κ1) is 41.7. The molecule has 3 aliphatic rings. The van der Waals surface area contributed by atoms with E-state index >= 15 is 0 Å². The van der Waals surface area contributed by atoms with E-state index in [2.05, 4.69) is 128 Å². The van der Waals surface area contributed by atoms with Crippen LogP contribution >= 0.6 is 0 Å². The molecule has 0 saturated carbocycles. The van der Waals surface area contributed by atoms with Gasteiger partial charge in [-0.2, -0.15) is 11.6 Å². The second-order valence-corrected chi connectivity index (χ2v) is 17.1. The van der Waals surface area contributed by atoms with Crippen molar-refractivity contribution in [3.8, 4) is 0 Å². The predicted molar refractivity (Wildman–Crippen MR) is 206 cm³/mol. The van der Waals surface area contributed by atoms with Crippen molar-refractivity contribution in [3.63, 3.8) is 0 Å². The summed E-state index contributed by atoms with van der Waals surface area (Å²) in [4.78, 5) is 0. The fourth-order valence-electron chi connectivity index (χ4n) is 6.92. The van der Waals surface area contributed by atoms with Crippen LogP contribution in [0.1, 0.15) is 95.2 Å². The number of halogens is 4. The molecule has 0 saturated heterocycles. The summed E-state index contributed by atoms with van der Waals surface area (Å²) in [5, 5.41) is 5.53. The van der Waals surface area contributed by atoms with Crippen LogP contribution in [0.15, 0.2) is 109 Å². The fourth-order valence-corrected chi connectivity index (χ4v) is 7.74. The second-order valence-electron chi connectivity index (χ2n) is 15.9. The zero-order valence-corrected chi connectivity index (χ0v) is 35.2. The van der Waals surface area contributed by atoms with Crippen LogP contribution in [-0.2, 0) is 35.1 Å². The second kappa shape index (κ2) is 16.1. The van der Waals surface area contributed by atoms with Gasteiger partial charge in [0, 0.05) is 10.8 Å². The van der Waals surface area contributed by atoms with Crippen molar-refractivity contribution in [2.45, 2.75) is 72.6 Å². The van der Waals surface area contributed by atoms with E-state index in [4.69, 9.17) is 0 Å². The van der Waals surface area contributed by atoms with Crippen LogP contribution in [0.25, 0.3) is 33.7 Å². The van der Waals surface area contributed by atoms with Crippen LogP contribution in [0, 0.1) is 29.0 Å². The van der Waals surface area contributed by atoms with Gasteiger partial charge in [0.25, 0.3) is 0 Å². The Morgan fingerprint density at radius 3 is 1.50 bits per heavy atom. The molecule has 0 N–H and O–H groups in total. The van der Waals surface area contributed by atoms with Crippen LogP contribution in [0.3, 0.4) is 0 Å². The summed E-state index contributed by atoms with van der Waals surface area (Å²) < 4.78 is 26.6. The van der Waals surface area contributed by atoms with Crippen molar-refractivity contribution in [1.82, 2.24) is 0 Å². The van der Waals surface area contributed by atoms with Gasteiger partial charge in [0.05, 0.1) is 0 Å². The minimum Gasteiger partial charge on any atom is -1.00 e. The zero-order valence-electron chi connectivity index (χ0n) is 31.3. The van der Waals surface area contributed by atoms with Gasteiger partial charge < -0.3 is 24.8 Å². The van der Waals surface area contributed by atoms with Crippen molar-refractivity contribution in [1.29, 1.82) is 0 Å². The van der Waals surface area contributed by atoms with E-state index < -0.39 is 0 Å². The van der Waals surface area contributed by atoms with Crippen LogP contribution in [0.4, 0.5) is 8.78 Å². The largest absolute Gasteiger partial charge is 1.00 e. The van der Waals surface area contributed by atoms with Gasteiger partial charge in [0.15, 0.2) is 0 Å². The van der Waals surface area contributed by atoms with Crippen molar-refractivity contribution in [3.05, 3.63) is 160 Å². The van der Waals surface area contributed by atoms with Crippen molar-refractivity contribution in [2.24, 2.45) is 11.3 Å². The Balaban J connectivity index is 0.000000184. The molecule has 8 rings (SSSR count). The average Bonchev–Trinajstić information content (AvgIpc) is 3.84. The number of rotatable bonds is 3. The van der Waals surface area contributed by atoms with E-state index in [1.54, 1.807) is 24.3 Å². The molecule has 0 aromatic heterocycles. The fraction of sp³-hybridized carbons (Fsp3) is 0.277. The Labute approximate surface area is 336 Å². The first-order valence-electron chi connectivity index (χ1n) is 17.6. The number of fused-ring (bicyclic) bond motifs is 5. The molecular formula is C47H46Cl2F2Zr-2. The van der Waals surface area contributed by atoms with Gasteiger partial charge in [-0.25, -0.2) is 6.08 Å². The molecule has 0 amide bonds. The standard InChI is InChI=1S/C23H21.C13H8F2.C11H17.2ClH.Zr/c1-22(2)7-5-14-10-18-16(12-20(14)22)9-17-13-21-15(11-19(17)18)6-8-23(21,3)4;14-12-5-1-10(2-6-12)9-11-3-7-13(15)8-4-11;1-5-9-6-7-10(8-9)11(2,3)4;;;/h5-13H,1-4H3;1-8H;7-9H,5H2,1-4H3;2*1H;/q-1;;-1;;;+2/p-2. The minimum atomic E-state index is -0.244. The molecule has 1 unspecified atom stereocenters. The number of hydrogen-bond acceptors (Lipinski definition) is 0. The topological polar surface area (TPSA) is 0 Å². The monoisotopic (exact) mass is 808 g/mol. The Hall–Kier alpha value is -3.10. The van der Waals surface area contributed by atoms with Gasteiger partial charge >= 0.3 is 108 Å². The first-order valence-corrected chi connectivity index (χ1v) is 18.8. The molecule has 0 fully saturated rings. The zero-order chi connectivity index (χ0) is 36.0. The number of benzene rings is 4. The third kappa shape index (κ3) is 8.81. The van der Waals surface area contributed by atoms with Crippen LogP contribution in [0.2, 0.25) is 0 Å². The molecule has 0 nitrogen and oxygen atoms in total. The maximum atomic E-state index is 12.8. The maximum Gasteiger partial charge on any atom is -1.00 e. The van der Waals surface area contributed by atoms with Gasteiger partial charge in [-0.15, -0.1) is 39.7 Å². The molecule has 0 radical (unpaired) electrons. The molecule has 268 valence electrons. The maximum absolute atomic E-state index is 12.8. The van der Waals surface area contributed by atoms with E-state index in [9.17, 15) is 8.78 Å². The Morgan fingerprint density at radius 2 is 1.15 bits per heavy atom. The molecule has 3 aliphatic carbocycles. The summed E-state index contributed by atoms with van der Waals surface area (Å²) >= 11 is 1.22. The van der Waals surface area contributed by atoms with E-state index in [0.29, 0.717) is 11.3 Å². The smallest absolute Gasteiger partial charge is 1.00 e. The molecule has 1 atom stereocenters. The molecule has 5 aromatic carbocycles. The van der Waals surface area contributed by atoms with Crippen molar-refractivity contribution >= 4 is 36.9 Å². The third-order valence-corrected chi connectivity index (χ3v) is 11.6. The molecule has 5 aromatic rings. The van der Waals surface area contributed by atoms with Crippen molar-refractivity contribution < 1.29 is 57.8 Å². The third-order valence-electron chi connectivity index (χ3n) is 10.2. The number of allylic oxidation sites excluding steroid dienone is 6. The summed E-state index contributed by atoms with van der Waals surface area (Å²) in [6.45, 7) is 18.1. The van der Waals surface area contributed by atoms with Crippen LogP contribution < -0.4 is 24.8 Å². The Bertz CT molecular complexity index is 2070. The minimum absolute atomic E-state index is 0. The van der Waals surface area contributed by atoms with Gasteiger partial charge in [0.1, 0.15) is 0 Å². The van der Waals surface area contributed by atoms with Crippen molar-refractivity contribution in [2.75, 3.05) is 0 Å². The van der Waals surface area contributed by atoms with E-state index in [0.717, 1.165) is 14.3 Å². The van der Waals surface area contributed by atoms with Gasteiger partial charge in [-0.05, 0) is 11.1 Å². The molecular weight excluding hydrogens is 765 g/mol. The summed E-state index contributed by atoms with van der Waals surface area (Å²) in [5.41, 5.74) is 9.66. The summed E-state index contributed by atoms with van der Waals surface area (Å²) in [6, 6.07) is 24.6. The van der Waals surface area contributed by atoms with Gasteiger partial charge in [-0.1, -0.05) is 121 Å². The SMILES string of the molecule is CC1(C)C=Cc2cc3c(cc21)[cH-]c1cc2c(cc13)C=CC2(C)C.CCC1[C-]=CC(C(C)(C)C)=C1.Fc1ccc([C](=[Zr+2])c2ccc(F)cc2)cc1.[Cl-].[Cl-]. The van der Waals surface area contributed by atoms with Crippen LogP contribution in [0.5, 0.6) is 0 Å². The molecule has 0 aliphatic heterocycles. The molecule has 0 spiro atoms. The summed E-state index contributed by atoms with van der Waals surface area (Å²) in [5.74, 6) is 0.0853. The summed E-state index contributed by atoms with van der Waals surface area (Å²) in [6.07, 6.45) is 18.2. The number of hydrogen-bond donors (Lipinski definition) is 0. The predicted octanol–water partition coefficient (Wildman–Crippen LogP) is 6.77. The van der Waals surface area contributed by atoms with Gasteiger partial charge in [-0.3, -0.25) is 6.08 Å². The average molecular weight is 811 g/mol. The molecule has 0 heterocycles. The summed E-state index contributed by atoms with van der Waals surface area (Å²) in [7, 11) is 0. The molecule has 0 bridgehead atoms. The van der Waals surface area contributed by atoms with E-state index in [-0.39, 0.29) is 47.3 Å². The Morgan fingerprint density at radius 1 is 0.731 bits per heavy atom. The molecule has 52 heavy (non-hydrogen) atoms. The quantitative estimate of drug-likeness (QED) is 0.177. The van der Waals surface area contributed by atoms with E-state index in [1.165, 1.54) is 104 Å².